The van der Waals surface area contributed by atoms with E-state index < -0.39 is 0 Å². The van der Waals surface area contributed by atoms with Gasteiger partial charge in [0.25, 0.3) is 0 Å². The van der Waals surface area contributed by atoms with Crippen LogP contribution in [0.25, 0.3) is 0 Å². The van der Waals surface area contributed by atoms with Crippen molar-refractivity contribution in [3.63, 3.8) is 0 Å². The average Bonchev–Trinajstić information content (AvgIpc) is 2.83. The number of halogens is 2. The highest BCUT2D eigenvalue weighted by Crippen LogP contribution is 2.31. The lowest BCUT2D eigenvalue weighted by atomic mass is 10.0. The third-order valence-electron chi connectivity index (χ3n) is 3.36. The second-order valence-electron chi connectivity index (χ2n) is 5.06. The van der Waals surface area contributed by atoms with Crippen LogP contribution < -0.4 is 10.5 Å². The van der Waals surface area contributed by atoms with Gasteiger partial charge in [0, 0.05) is 15.0 Å². The molecule has 0 amide bonds. The van der Waals surface area contributed by atoms with E-state index in [2.05, 4.69) is 63.2 Å². The van der Waals surface area contributed by atoms with Crippen LogP contribution in [0.3, 0.4) is 0 Å². The maximum Gasteiger partial charge on any atom is 0.126 e. The SMILES string of the molecule is CCC(N)Cc1cc(Br)cc(C)c1OCc1sccc1Br. The molecule has 1 atom stereocenters. The van der Waals surface area contributed by atoms with E-state index in [-0.39, 0.29) is 6.04 Å². The average molecular weight is 433 g/mol. The lowest BCUT2D eigenvalue weighted by molar-refractivity contribution is 0.303. The summed E-state index contributed by atoms with van der Waals surface area (Å²) in [6.07, 6.45) is 1.79. The first-order valence-corrected chi connectivity index (χ1v) is 9.37. The summed E-state index contributed by atoms with van der Waals surface area (Å²) >= 11 is 8.80. The van der Waals surface area contributed by atoms with Gasteiger partial charge in [0.05, 0.1) is 4.88 Å². The first-order chi connectivity index (χ1) is 10.0. The Hall–Kier alpha value is -0.360. The number of ether oxygens (including phenoxy) is 1. The normalized spacial score (nSPS) is 12.4. The molecule has 0 aliphatic rings. The number of thiophene rings is 1. The Labute approximate surface area is 147 Å². The van der Waals surface area contributed by atoms with Crippen molar-refractivity contribution < 1.29 is 4.74 Å². The molecule has 1 unspecified atom stereocenters. The second-order valence-corrected chi connectivity index (χ2v) is 7.83. The molecule has 0 saturated carbocycles. The van der Waals surface area contributed by atoms with E-state index in [0.717, 1.165) is 33.1 Å². The fraction of sp³-hybridized carbons (Fsp3) is 0.375. The van der Waals surface area contributed by atoms with Crippen LogP contribution in [0.2, 0.25) is 0 Å². The second kappa shape index (κ2) is 7.77. The summed E-state index contributed by atoms with van der Waals surface area (Å²) in [6, 6.07) is 6.40. The molecule has 1 aromatic heterocycles. The predicted octanol–water partition coefficient (Wildman–Crippen LogP) is 5.44. The van der Waals surface area contributed by atoms with Crippen molar-refractivity contribution in [2.75, 3.05) is 0 Å². The van der Waals surface area contributed by atoms with Crippen LogP contribution in [0, 0.1) is 6.92 Å². The van der Waals surface area contributed by atoms with E-state index in [1.54, 1.807) is 11.3 Å². The van der Waals surface area contributed by atoms with Crippen LogP contribution in [0.5, 0.6) is 5.75 Å². The number of aryl methyl sites for hydroxylation is 1. The minimum absolute atomic E-state index is 0.162. The van der Waals surface area contributed by atoms with Gasteiger partial charge in [-0.25, -0.2) is 0 Å². The van der Waals surface area contributed by atoms with Crippen LogP contribution >= 0.6 is 43.2 Å². The standard InChI is InChI=1S/C16H19Br2NOS/c1-3-13(19)8-11-7-12(17)6-10(2)16(11)20-9-15-14(18)4-5-21-15/h4-7,13H,3,8-9,19H2,1-2H3. The van der Waals surface area contributed by atoms with Gasteiger partial charge in [0.1, 0.15) is 12.4 Å². The summed E-state index contributed by atoms with van der Waals surface area (Å²) in [5.74, 6) is 0.961. The molecule has 0 fully saturated rings. The lowest BCUT2D eigenvalue weighted by Gasteiger charge is -2.17. The van der Waals surface area contributed by atoms with Crippen LogP contribution in [-0.4, -0.2) is 6.04 Å². The van der Waals surface area contributed by atoms with Crippen LogP contribution in [-0.2, 0) is 13.0 Å². The smallest absolute Gasteiger partial charge is 0.126 e. The van der Waals surface area contributed by atoms with Crippen molar-refractivity contribution in [2.24, 2.45) is 5.73 Å². The van der Waals surface area contributed by atoms with E-state index in [0.29, 0.717) is 6.61 Å². The summed E-state index contributed by atoms with van der Waals surface area (Å²) in [4.78, 5) is 1.20. The quantitative estimate of drug-likeness (QED) is 0.659. The van der Waals surface area contributed by atoms with Gasteiger partial charge in [-0.1, -0.05) is 22.9 Å². The van der Waals surface area contributed by atoms with Crippen molar-refractivity contribution in [1.82, 2.24) is 0 Å². The van der Waals surface area contributed by atoms with E-state index in [9.17, 15) is 0 Å². The van der Waals surface area contributed by atoms with Gasteiger partial charge in [-0.3, -0.25) is 0 Å². The molecule has 1 aromatic carbocycles. The highest BCUT2D eigenvalue weighted by Gasteiger charge is 2.13. The highest BCUT2D eigenvalue weighted by molar-refractivity contribution is 9.10. The Morgan fingerprint density at radius 2 is 2.10 bits per heavy atom. The molecule has 1 heterocycles. The van der Waals surface area contributed by atoms with E-state index in [1.807, 2.05) is 6.07 Å². The molecule has 2 aromatic rings. The monoisotopic (exact) mass is 431 g/mol. The predicted molar refractivity (Wildman–Crippen MR) is 97.2 cm³/mol. The summed E-state index contributed by atoms with van der Waals surface area (Å²) in [6.45, 7) is 4.76. The molecular weight excluding hydrogens is 414 g/mol. The largest absolute Gasteiger partial charge is 0.487 e. The molecule has 0 spiro atoms. The number of nitrogens with two attached hydrogens (primary N) is 1. The van der Waals surface area contributed by atoms with E-state index in [4.69, 9.17) is 10.5 Å². The fourth-order valence-corrected chi connectivity index (χ4v) is 4.15. The van der Waals surface area contributed by atoms with Crippen molar-refractivity contribution >= 4 is 43.2 Å². The third-order valence-corrected chi connectivity index (χ3v) is 5.72. The number of rotatable bonds is 6. The molecular formula is C16H19Br2NOS. The molecule has 0 bridgehead atoms. The Kier molecular flexibility index (Phi) is 6.29. The molecule has 0 saturated heterocycles. The molecule has 0 aliphatic heterocycles. The van der Waals surface area contributed by atoms with Crippen molar-refractivity contribution in [3.8, 4) is 5.75 Å². The van der Waals surface area contributed by atoms with Gasteiger partial charge >= 0.3 is 0 Å². The Balaban J connectivity index is 2.22. The zero-order chi connectivity index (χ0) is 15.4. The summed E-state index contributed by atoms with van der Waals surface area (Å²) in [5.41, 5.74) is 8.42. The van der Waals surface area contributed by atoms with Gasteiger partial charge in [0.2, 0.25) is 0 Å². The number of benzene rings is 1. The molecule has 2 nitrogen and oxygen atoms in total. The lowest BCUT2D eigenvalue weighted by Crippen LogP contribution is -2.22. The summed E-state index contributed by atoms with van der Waals surface area (Å²) in [5, 5.41) is 2.06. The summed E-state index contributed by atoms with van der Waals surface area (Å²) in [7, 11) is 0. The Morgan fingerprint density at radius 3 is 2.71 bits per heavy atom. The van der Waals surface area contributed by atoms with Gasteiger partial charge in [0.15, 0.2) is 0 Å². The minimum atomic E-state index is 0.162. The van der Waals surface area contributed by atoms with Crippen LogP contribution in [0.1, 0.15) is 29.3 Å². The van der Waals surface area contributed by atoms with Crippen molar-refractivity contribution in [3.05, 3.63) is 48.5 Å². The molecule has 2 rings (SSSR count). The number of hydrogen-bond acceptors (Lipinski definition) is 3. The van der Waals surface area contributed by atoms with Crippen LogP contribution in [0.4, 0.5) is 0 Å². The molecule has 5 heteroatoms. The van der Waals surface area contributed by atoms with Crippen molar-refractivity contribution in [2.45, 2.75) is 39.3 Å². The van der Waals surface area contributed by atoms with E-state index >= 15 is 0 Å². The van der Waals surface area contributed by atoms with Gasteiger partial charge in [-0.15, -0.1) is 11.3 Å². The minimum Gasteiger partial charge on any atom is -0.487 e. The van der Waals surface area contributed by atoms with E-state index in [1.165, 1.54) is 10.4 Å². The highest BCUT2D eigenvalue weighted by atomic mass is 79.9. The van der Waals surface area contributed by atoms with Crippen molar-refractivity contribution in [1.29, 1.82) is 0 Å². The fourth-order valence-electron chi connectivity index (χ4n) is 2.15. The first kappa shape index (κ1) is 17.0. The summed E-state index contributed by atoms with van der Waals surface area (Å²) < 4.78 is 8.28. The zero-order valence-electron chi connectivity index (χ0n) is 12.2. The topological polar surface area (TPSA) is 35.2 Å². The maximum absolute atomic E-state index is 6.11. The first-order valence-electron chi connectivity index (χ1n) is 6.90. The Bertz CT molecular complexity index is 612. The zero-order valence-corrected chi connectivity index (χ0v) is 16.1. The van der Waals surface area contributed by atoms with Crippen LogP contribution in [0.15, 0.2) is 32.5 Å². The molecule has 0 aliphatic carbocycles. The van der Waals surface area contributed by atoms with Gasteiger partial charge < -0.3 is 10.5 Å². The van der Waals surface area contributed by atoms with Gasteiger partial charge in [-0.05, 0) is 70.4 Å². The third kappa shape index (κ3) is 4.55. The molecule has 2 N–H and O–H groups in total. The molecule has 0 radical (unpaired) electrons. The van der Waals surface area contributed by atoms with Gasteiger partial charge in [-0.2, -0.15) is 0 Å². The molecule has 21 heavy (non-hydrogen) atoms. The number of hydrogen-bond donors (Lipinski definition) is 1. The Morgan fingerprint density at radius 1 is 1.33 bits per heavy atom. The molecule has 114 valence electrons. The maximum atomic E-state index is 6.11.